The van der Waals surface area contributed by atoms with E-state index in [0.29, 0.717) is 25.1 Å². The highest BCUT2D eigenvalue weighted by Crippen LogP contribution is 2.08. The van der Waals surface area contributed by atoms with Gasteiger partial charge in [-0.1, -0.05) is 12.1 Å². The molecule has 0 saturated heterocycles. The van der Waals surface area contributed by atoms with Crippen molar-refractivity contribution in [3.05, 3.63) is 11.4 Å². The van der Waals surface area contributed by atoms with Crippen LogP contribution < -0.4 is 0 Å². The van der Waals surface area contributed by atoms with Gasteiger partial charge in [0.1, 0.15) is 0 Å². The lowest BCUT2D eigenvalue weighted by Gasteiger charge is -2.06. The summed E-state index contributed by atoms with van der Waals surface area (Å²) in [5.74, 6) is -1.04. The van der Waals surface area contributed by atoms with Crippen molar-refractivity contribution in [2.75, 3.05) is 0 Å². The number of aliphatic hydroxyl groups excluding tert-OH is 1. The zero-order chi connectivity index (χ0) is 12.1. The summed E-state index contributed by atoms with van der Waals surface area (Å²) < 4.78 is 1.60. The van der Waals surface area contributed by atoms with Crippen molar-refractivity contribution < 1.29 is 15.0 Å². The second kappa shape index (κ2) is 5.60. The van der Waals surface area contributed by atoms with Crippen LogP contribution in [0, 0.1) is 0 Å². The summed E-state index contributed by atoms with van der Waals surface area (Å²) in [7, 11) is 0. The fraction of sp³-hybridized carbons (Fsp3) is 0.700. The first-order valence-corrected chi connectivity index (χ1v) is 5.40. The van der Waals surface area contributed by atoms with Gasteiger partial charge in [-0.3, -0.25) is 0 Å². The van der Waals surface area contributed by atoms with Crippen LogP contribution in [0.2, 0.25) is 0 Å². The van der Waals surface area contributed by atoms with Crippen molar-refractivity contribution in [1.82, 2.24) is 15.0 Å². The van der Waals surface area contributed by atoms with Crippen molar-refractivity contribution >= 4 is 5.97 Å². The van der Waals surface area contributed by atoms with Crippen LogP contribution in [-0.4, -0.2) is 37.3 Å². The number of aliphatic hydroxyl groups is 1. The molecule has 1 aromatic heterocycles. The molecule has 1 atom stereocenters. The number of carboxylic acids is 1. The third-order valence-corrected chi connectivity index (χ3v) is 2.37. The Hall–Kier alpha value is -1.43. The molecule has 1 unspecified atom stereocenters. The maximum atomic E-state index is 10.8. The topological polar surface area (TPSA) is 88.2 Å². The molecule has 0 bridgehead atoms. The van der Waals surface area contributed by atoms with Crippen LogP contribution in [-0.2, 0) is 13.0 Å². The lowest BCUT2D eigenvalue weighted by molar-refractivity contribution is 0.0689. The van der Waals surface area contributed by atoms with E-state index in [1.54, 1.807) is 11.6 Å². The molecule has 0 aromatic carbocycles. The third kappa shape index (κ3) is 3.03. The Balaban J connectivity index is 2.69. The molecule has 1 heterocycles. The highest BCUT2D eigenvalue weighted by atomic mass is 16.4. The van der Waals surface area contributed by atoms with Crippen LogP contribution in [0.5, 0.6) is 0 Å². The summed E-state index contributed by atoms with van der Waals surface area (Å²) in [5, 5.41) is 25.4. The molecular weight excluding hydrogens is 210 g/mol. The van der Waals surface area contributed by atoms with Crippen LogP contribution in [0.25, 0.3) is 0 Å². The van der Waals surface area contributed by atoms with Gasteiger partial charge >= 0.3 is 5.97 Å². The quantitative estimate of drug-likeness (QED) is 0.746. The molecule has 0 aliphatic carbocycles. The first-order chi connectivity index (χ1) is 7.56. The maximum absolute atomic E-state index is 10.8. The Morgan fingerprint density at radius 1 is 1.56 bits per heavy atom. The van der Waals surface area contributed by atoms with Gasteiger partial charge in [-0.25, -0.2) is 9.48 Å². The van der Waals surface area contributed by atoms with Crippen molar-refractivity contribution in [3.8, 4) is 0 Å². The van der Waals surface area contributed by atoms with E-state index in [4.69, 9.17) is 10.2 Å². The Kier molecular flexibility index (Phi) is 4.42. The molecule has 1 aromatic rings. The molecule has 0 radical (unpaired) electrons. The Bertz CT molecular complexity index is 360. The van der Waals surface area contributed by atoms with Crippen molar-refractivity contribution in [2.24, 2.45) is 0 Å². The number of rotatable bonds is 6. The number of nitrogens with zero attached hydrogens (tertiary/aromatic N) is 3. The standard InChI is InChI=1S/C10H17N3O3/c1-3-8-9(10(15)16)11-12-13(8)6-4-5-7(2)14/h7,14H,3-6H2,1-2H3,(H,15,16). The van der Waals surface area contributed by atoms with Crippen LogP contribution in [0.15, 0.2) is 0 Å². The van der Waals surface area contributed by atoms with E-state index in [9.17, 15) is 4.79 Å². The lowest BCUT2D eigenvalue weighted by atomic mass is 10.2. The lowest BCUT2D eigenvalue weighted by Crippen LogP contribution is -2.09. The second-order valence-corrected chi connectivity index (χ2v) is 3.76. The molecule has 1 rings (SSSR count). The van der Waals surface area contributed by atoms with Gasteiger partial charge < -0.3 is 10.2 Å². The molecule has 6 heteroatoms. The van der Waals surface area contributed by atoms with Gasteiger partial charge in [-0.2, -0.15) is 0 Å². The molecule has 2 N–H and O–H groups in total. The molecule has 0 amide bonds. The van der Waals surface area contributed by atoms with E-state index in [1.807, 2.05) is 6.92 Å². The highest BCUT2D eigenvalue weighted by molar-refractivity contribution is 5.86. The van der Waals surface area contributed by atoms with Crippen LogP contribution in [0.4, 0.5) is 0 Å². The predicted octanol–water partition coefficient (Wildman–Crippen LogP) is 0.700. The van der Waals surface area contributed by atoms with Gasteiger partial charge in [0, 0.05) is 6.54 Å². The molecule has 0 aliphatic rings. The minimum Gasteiger partial charge on any atom is -0.476 e. The number of carboxylic acid groups (broad SMARTS) is 1. The Morgan fingerprint density at radius 3 is 2.75 bits per heavy atom. The largest absolute Gasteiger partial charge is 0.476 e. The summed E-state index contributed by atoms with van der Waals surface area (Å²) in [6.45, 7) is 4.19. The molecule has 0 fully saturated rings. The van der Waals surface area contributed by atoms with Gasteiger partial charge in [0.25, 0.3) is 0 Å². The van der Waals surface area contributed by atoms with E-state index in [0.717, 1.165) is 6.42 Å². The van der Waals surface area contributed by atoms with Crippen molar-refractivity contribution in [1.29, 1.82) is 0 Å². The molecule has 0 aliphatic heterocycles. The number of aryl methyl sites for hydroxylation is 1. The minimum atomic E-state index is -1.04. The van der Waals surface area contributed by atoms with Gasteiger partial charge in [-0.15, -0.1) is 5.10 Å². The molecular formula is C10H17N3O3. The zero-order valence-electron chi connectivity index (χ0n) is 9.55. The summed E-state index contributed by atoms with van der Waals surface area (Å²) in [6, 6.07) is 0. The Morgan fingerprint density at radius 2 is 2.25 bits per heavy atom. The van der Waals surface area contributed by atoms with Gasteiger partial charge in [0.05, 0.1) is 11.8 Å². The fourth-order valence-electron chi connectivity index (χ4n) is 1.56. The summed E-state index contributed by atoms with van der Waals surface area (Å²) in [6.07, 6.45) is 1.68. The van der Waals surface area contributed by atoms with Gasteiger partial charge in [0.2, 0.25) is 0 Å². The first-order valence-electron chi connectivity index (χ1n) is 5.40. The van der Waals surface area contributed by atoms with E-state index in [-0.39, 0.29) is 11.8 Å². The monoisotopic (exact) mass is 227 g/mol. The average Bonchev–Trinajstić information content (AvgIpc) is 2.60. The summed E-state index contributed by atoms with van der Waals surface area (Å²) in [5.41, 5.74) is 0.664. The highest BCUT2D eigenvalue weighted by Gasteiger charge is 2.16. The van der Waals surface area contributed by atoms with Crippen molar-refractivity contribution in [2.45, 2.75) is 45.8 Å². The van der Waals surface area contributed by atoms with Crippen LogP contribution in [0.1, 0.15) is 42.9 Å². The summed E-state index contributed by atoms with van der Waals surface area (Å²) in [4.78, 5) is 10.8. The normalized spacial score (nSPS) is 12.7. The summed E-state index contributed by atoms with van der Waals surface area (Å²) >= 11 is 0. The predicted molar refractivity (Wildman–Crippen MR) is 57.3 cm³/mol. The zero-order valence-corrected chi connectivity index (χ0v) is 9.55. The molecule has 90 valence electrons. The Labute approximate surface area is 93.9 Å². The number of aromatic carboxylic acids is 1. The number of hydrogen-bond donors (Lipinski definition) is 2. The van der Waals surface area contributed by atoms with E-state index >= 15 is 0 Å². The fourth-order valence-corrected chi connectivity index (χ4v) is 1.56. The SMILES string of the molecule is CCc1c(C(=O)O)nnn1CCCC(C)O. The number of hydrogen-bond acceptors (Lipinski definition) is 4. The molecule has 0 saturated carbocycles. The van der Waals surface area contributed by atoms with Crippen LogP contribution >= 0.6 is 0 Å². The molecule has 0 spiro atoms. The smallest absolute Gasteiger partial charge is 0.358 e. The van der Waals surface area contributed by atoms with Crippen LogP contribution in [0.3, 0.4) is 0 Å². The minimum absolute atomic E-state index is 0.0274. The average molecular weight is 227 g/mol. The molecule has 6 nitrogen and oxygen atoms in total. The van der Waals surface area contributed by atoms with E-state index in [1.165, 1.54) is 0 Å². The molecule has 16 heavy (non-hydrogen) atoms. The van der Waals surface area contributed by atoms with Gasteiger partial charge in [0.15, 0.2) is 5.69 Å². The maximum Gasteiger partial charge on any atom is 0.358 e. The van der Waals surface area contributed by atoms with Crippen molar-refractivity contribution in [3.63, 3.8) is 0 Å². The van der Waals surface area contributed by atoms with E-state index in [2.05, 4.69) is 10.3 Å². The number of aromatic nitrogens is 3. The first kappa shape index (κ1) is 12.6. The third-order valence-electron chi connectivity index (χ3n) is 2.37. The second-order valence-electron chi connectivity index (χ2n) is 3.76. The number of carbonyl (C=O) groups is 1. The van der Waals surface area contributed by atoms with Gasteiger partial charge in [-0.05, 0) is 26.2 Å². The van der Waals surface area contributed by atoms with E-state index < -0.39 is 5.97 Å².